The van der Waals surface area contributed by atoms with Crippen LogP contribution in [-0.2, 0) is 21.7 Å². The zero-order valence-corrected chi connectivity index (χ0v) is 41.8. The summed E-state index contributed by atoms with van der Waals surface area (Å²) in [5, 5.41) is 10.8. The van der Waals surface area contributed by atoms with E-state index in [0.29, 0.717) is 0 Å². The van der Waals surface area contributed by atoms with Gasteiger partial charge in [0, 0.05) is 45.7 Å². The van der Waals surface area contributed by atoms with E-state index >= 15 is 0 Å². The number of fused-ring (bicyclic) bond motifs is 8. The molecule has 0 fully saturated rings. The van der Waals surface area contributed by atoms with Gasteiger partial charge in [0.25, 0.3) is 0 Å². The van der Waals surface area contributed by atoms with E-state index in [1.807, 2.05) is 0 Å². The molecule has 9 aromatic rings. The first-order chi connectivity index (χ1) is 32.2. The first-order valence-electron chi connectivity index (χ1n) is 25.0. The molecule has 68 heavy (non-hydrogen) atoms. The molecular weight excluding hydrogens is 825 g/mol. The number of aromatic amines is 2. The van der Waals surface area contributed by atoms with Crippen LogP contribution in [0.1, 0.15) is 174 Å². The van der Waals surface area contributed by atoms with Crippen molar-refractivity contribution in [1.82, 2.24) is 19.9 Å². The van der Waals surface area contributed by atoms with Crippen molar-refractivity contribution in [3.63, 3.8) is 0 Å². The summed E-state index contributed by atoms with van der Waals surface area (Å²) in [6.07, 6.45) is 0. The Morgan fingerprint density at radius 1 is 0.279 bits per heavy atom. The zero-order valence-electron chi connectivity index (χ0n) is 41.8. The van der Waals surface area contributed by atoms with Gasteiger partial charge in [-0.1, -0.05) is 156 Å². The molecule has 0 saturated heterocycles. The number of nitrogens with one attached hydrogen (secondary N) is 2. The number of benzene rings is 6. The molecule has 0 radical (unpaired) electrons. The molecule has 338 valence electrons. The highest BCUT2D eigenvalue weighted by Crippen LogP contribution is 2.60. The molecule has 0 saturated carbocycles. The van der Waals surface area contributed by atoms with Gasteiger partial charge in [0.1, 0.15) is 0 Å². The summed E-state index contributed by atoms with van der Waals surface area (Å²) in [6.45, 7) is 27.9. The number of nitrogens with zero attached hydrogens (tertiary/aromatic N) is 2. The second kappa shape index (κ2) is 13.6. The van der Waals surface area contributed by atoms with Gasteiger partial charge in [-0.3, -0.25) is 9.97 Å². The van der Waals surface area contributed by atoms with E-state index in [0.717, 1.165) is 44.8 Å². The SMILES string of the molecule is CC(C)(C)c1ccc2c3c4cc(C(C)(C)C)ccc4c(c2c1)C1c2cc4ccc(cc5nc(cc6ccc(cc(n2)C31)[nH]6)C1c2c3ccc(C(C)(C)C)cc3c(c3ccc(C(C)(C)C)cc23)C51)[nH]4. The van der Waals surface area contributed by atoms with Crippen LogP contribution in [0.25, 0.3) is 65.2 Å². The van der Waals surface area contributed by atoms with Crippen molar-refractivity contribution in [3.8, 4) is 0 Å². The summed E-state index contributed by atoms with van der Waals surface area (Å²) in [4.78, 5) is 19.1. The van der Waals surface area contributed by atoms with E-state index in [-0.39, 0.29) is 45.3 Å². The van der Waals surface area contributed by atoms with E-state index in [9.17, 15) is 0 Å². The largest absolute Gasteiger partial charge is 0.355 e. The Bertz CT molecular complexity index is 3370. The molecule has 2 N–H and O–H groups in total. The third kappa shape index (κ3) is 6.04. The summed E-state index contributed by atoms with van der Waals surface area (Å²) in [5.74, 6) is 0.330. The van der Waals surface area contributed by atoms with Crippen LogP contribution in [0, 0.1) is 0 Å². The molecule has 3 aromatic heterocycles. The molecule has 2 aliphatic heterocycles. The van der Waals surface area contributed by atoms with Crippen LogP contribution in [0.3, 0.4) is 0 Å². The first kappa shape index (κ1) is 41.7. The highest BCUT2D eigenvalue weighted by molar-refractivity contribution is 6.12. The Labute approximate surface area is 400 Å². The summed E-state index contributed by atoms with van der Waals surface area (Å²) in [5.41, 5.74) is 19.8. The fourth-order valence-electron chi connectivity index (χ4n) is 12.6. The van der Waals surface area contributed by atoms with Crippen molar-refractivity contribution in [2.24, 2.45) is 0 Å². The first-order valence-corrected chi connectivity index (χ1v) is 25.0. The predicted molar refractivity (Wildman–Crippen MR) is 286 cm³/mol. The van der Waals surface area contributed by atoms with Gasteiger partial charge in [-0.25, -0.2) is 0 Å². The minimum Gasteiger partial charge on any atom is -0.355 e. The quantitative estimate of drug-likeness (QED) is 0.149. The number of H-pyrrole nitrogens is 2. The van der Waals surface area contributed by atoms with Crippen LogP contribution < -0.4 is 0 Å². The standard InChI is InChI=1S/C64H62N4/c1-61(2,3)33-13-21-41-45(25-33)53-42-22-14-34(62(4,5)6)26-46(42)54(41)58-50-30-38-19-20-40(66-38)32-52-60-56-44-24-16-35(63(7,8)9)27-47(44)55(43-23-15-36(28-48(43)56)64(10,11)12)59(60)51(68-52)31-39-18-17-37(65-39)29-49(67-50)57(53)58/h13-32,57-60,65-66H,1-12H3. The minimum absolute atomic E-state index is 0.0244. The van der Waals surface area contributed by atoms with Crippen molar-refractivity contribution in [2.75, 3.05) is 0 Å². The fraction of sp³-hybridized carbons (Fsp3) is 0.312. The maximum absolute atomic E-state index is 5.68. The lowest BCUT2D eigenvalue weighted by molar-refractivity contribution is 0.590. The molecule has 6 aromatic carbocycles. The van der Waals surface area contributed by atoms with Gasteiger partial charge in [-0.2, -0.15) is 0 Å². The van der Waals surface area contributed by atoms with Gasteiger partial charge >= 0.3 is 0 Å². The molecule has 5 heterocycles. The summed E-state index contributed by atoms with van der Waals surface area (Å²) in [7, 11) is 0. The predicted octanol–water partition coefficient (Wildman–Crippen LogP) is 16.7. The molecule has 0 spiro atoms. The second-order valence-corrected chi connectivity index (χ2v) is 24.8. The van der Waals surface area contributed by atoms with Crippen molar-refractivity contribution in [3.05, 3.63) is 189 Å². The van der Waals surface area contributed by atoms with Gasteiger partial charge in [0.15, 0.2) is 0 Å². The molecule has 0 amide bonds. The van der Waals surface area contributed by atoms with Gasteiger partial charge in [-0.05, 0) is 158 Å². The van der Waals surface area contributed by atoms with E-state index in [4.69, 9.17) is 9.97 Å². The van der Waals surface area contributed by atoms with E-state index in [1.165, 1.54) is 87.6 Å². The number of aromatic nitrogens is 4. The molecule has 4 heteroatoms. The van der Waals surface area contributed by atoms with Gasteiger partial charge in [-0.15, -0.1) is 0 Å². The highest BCUT2D eigenvalue weighted by Gasteiger charge is 2.45. The monoisotopic (exact) mass is 886 g/mol. The topological polar surface area (TPSA) is 57.4 Å². The third-order valence-electron chi connectivity index (χ3n) is 16.2. The summed E-state index contributed by atoms with van der Waals surface area (Å²) < 4.78 is 0. The number of hydrogen-bond donors (Lipinski definition) is 2. The minimum atomic E-state index is 0.0244. The summed E-state index contributed by atoms with van der Waals surface area (Å²) >= 11 is 0. The van der Waals surface area contributed by atoms with Crippen molar-refractivity contribution in [1.29, 1.82) is 0 Å². The third-order valence-corrected chi connectivity index (χ3v) is 16.2. The molecule has 4 aliphatic carbocycles. The lowest BCUT2D eigenvalue weighted by Crippen LogP contribution is -2.19. The second-order valence-electron chi connectivity index (χ2n) is 24.8. The highest BCUT2D eigenvalue weighted by atomic mass is 14.8. The fourth-order valence-corrected chi connectivity index (χ4v) is 12.6. The number of hydrogen-bond acceptors (Lipinski definition) is 2. The lowest BCUT2D eigenvalue weighted by atomic mass is 9.66. The van der Waals surface area contributed by atoms with E-state index in [2.05, 4.69) is 214 Å². The molecule has 15 rings (SSSR count). The normalized spacial score (nSPS) is 18.9. The average molecular weight is 887 g/mol. The smallest absolute Gasteiger partial charge is 0.0513 e. The average Bonchev–Trinajstić information content (AvgIpc) is 4.08. The van der Waals surface area contributed by atoms with Crippen molar-refractivity contribution in [2.45, 2.75) is 128 Å². The van der Waals surface area contributed by atoms with Crippen LogP contribution in [0.15, 0.2) is 121 Å². The molecule has 4 unspecified atom stereocenters. The zero-order chi connectivity index (χ0) is 47.1. The van der Waals surface area contributed by atoms with Crippen LogP contribution in [0.5, 0.6) is 0 Å². The maximum Gasteiger partial charge on any atom is 0.0513 e. The summed E-state index contributed by atoms with van der Waals surface area (Å²) in [6, 6.07) is 47.4. The van der Waals surface area contributed by atoms with Gasteiger partial charge < -0.3 is 9.97 Å². The van der Waals surface area contributed by atoms with Crippen molar-refractivity contribution < 1.29 is 0 Å². The van der Waals surface area contributed by atoms with E-state index < -0.39 is 0 Å². The number of rotatable bonds is 0. The maximum atomic E-state index is 5.68. The van der Waals surface area contributed by atoms with Crippen LogP contribution in [0.4, 0.5) is 0 Å². The van der Waals surface area contributed by atoms with E-state index in [1.54, 1.807) is 0 Å². The van der Waals surface area contributed by atoms with Crippen LogP contribution >= 0.6 is 0 Å². The Morgan fingerprint density at radius 3 is 0.706 bits per heavy atom. The Morgan fingerprint density at radius 2 is 0.500 bits per heavy atom. The molecule has 12 bridgehead atoms. The van der Waals surface area contributed by atoms with Gasteiger partial charge in [0.2, 0.25) is 0 Å². The van der Waals surface area contributed by atoms with Crippen LogP contribution in [0.2, 0.25) is 0 Å². The Hall–Kier alpha value is -6.52. The molecule has 4 atom stereocenters. The van der Waals surface area contributed by atoms with Gasteiger partial charge in [0.05, 0.1) is 22.8 Å². The van der Waals surface area contributed by atoms with Crippen molar-refractivity contribution >= 4 is 65.2 Å². The molecule has 6 aliphatic rings. The molecular formula is C64H62N4. The lowest BCUT2D eigenvalue weighted by Gasteiger charge is -2.35. The Balaban J connectivity index is 1.08. The van der Waals surface area contributed by atoms with Crippen LogP contribution in [-0.4, -0.2) is 19.9 Å². The Kier molecular flexibility index (Phi) is 8.32. The molecule has 4 nitrogen and oxygen atoms in total.